The molecule has 0 spiro atoms. The number of morpholine rings is 1. The van der Waals surface area contributed by atoms with E-state index in [-0.39, 0.29) is 6.54 Å². The van der Waals surface area contributed by atoms with E-state index in [0.717, 1.165) is 13.1 Å². The second-order valence-electron chi connectivity index (χ2n) is 2.68. The summed E-state index contributed by atoms with van der Waals surface area (Å²) >= 11 is 0. The molecule has 65 valence electrons. The number of ether oxygens (including phenoxy) is 1. The summed E-state index contributed by atoms with van der Waals surface area (Å²) in [5, 5.41) is 10.1. The van der Waals surface area contributed by atoms with Gasteiger partial charge in [0, 0.05) is 19.6 Å². The van der Waals surface area contributed by atoms with Crippen LogP contribution in [0.1, 0.15) is 0 Å². The number of hydrogen-bond donors (Lipinski definition) is 0. The summed E-state index contributed by atoms with van der Waals surface area (Å²) in [6, 6.07) is 0. The van der Waals surface area contributed by atoms with E-state index in [1.54, 1.807) is 0 Å². The molecule has 3 nitrogen and oxygen atoms in total. The van der Waals surface area contributed by atoms with Crippen molar-refractivity contribution >= 4 is 0 Å². The molecule has 1 aliphatic rings. The largest absolute Gasteiger partial charge is 0.379 e. The monoisotopic (exact) mass is 162 g/mol. The molecule has 1 radical (unpaired) electrons. The molecule has 1 aliphatic heterocycles. The lowest BCUT2D eigenvalue weighted by atomic mass is 10.3. The topological polar surface area (TPSA) is 32.4 Å². The number of nitrogens with zero attached hydrogens (tertiary/aromatic N) is 1. The summed E-state index contributed by atoms with van der Waals surface area (Å²) in [7, 11) is 0. The highest BCUT2D eigenvalue weighted by Gasteiger charge is 2.15. The van der Waals surface area contributed by atoms with Gasteiger partial charge in [-0.3, -0.25) is 4.90 Å². The Bertz CT molecular complexity index is 107. The number of alkyl halides is 1. The molecule has 1 saturated heterocycles. The van der Waals surface area contributed by atoms with Crippen molar-refractivity contribution in [2.45, 2.75) is 6.17 Å². The van der Waals surface area contributed by atoms with Crippen LogP contribution in [0.4, 0.5) is 4.39 Å². The predicted octanol–water partition coefficient (Wildman–Crippen LogP) is 0.0872. The third-order valence-electron chi connectivity index (χ3n) is 1.74. The average Bonchev–Trinajstić information content (AvgIpc) is 2.06. The van der Waals surface area contributed by atoms with Crippen LogP contribution < -0.4 is 0 Å². The Labute approximate surface area is 65.8 Å². The van der Waals surface area contributed by atoms with Gasteiger partial charge >= 0.3 is 0 Å². The summed E-state index contributed by atoms with van der Waals surface area (Å²) in [4.78, 5) is 1.92. The number of hydrogen-bond acceptors (Lipinski definition) is 2. The zero-order chi connectivity index (χ0) is 8.10. The van der Waals surface area contributed by atoms with Gasteiger partial charge in [0.25, 0.3) is 0 Å². The van der Waals surface area contributed by atoms with Crippen LogP contribution in [0.25, 0.3) is 0 Å². The van der Waals surface area contributed by atoms with Gasteiger partial charge < -0.3 is 4.74 Å². The highest BCUT2D eigenvalue weighted by atomic mass is 19.1. The van der Waals surface area contributed by atoms with Crippen LogP contribution in [0.15, 0.2) is 0 Å². The van der Waals surface area contributed by atoms with Gasteiger partial charge in [-0.2, -0.15) is 0 Å². The molecular weight excluding hydrogens is 149 g/mol. The summed E-state index contributed by atoms with van der Waals surface area (Å²) < 4.78 is 17.6. The summed E-state index contributed by atoms with van der Waals surface area (Å²) in [6.45, 7) is 2.46. The first-order chi connectivity index (χ1) is 5.33. The lowest BCUT2D eigenvalue weighted by Gasteiger charge is -2.26. The summed E-state index contributed by atoms with van der Waals surface area (Å²) in [5.41, 5.74) is 0. The zero-order valence-electron chi connectivity index (χ0n) is 6.46. The van der Waals surface area contributed by atoms with Crippen LogP contribution in [0.5, 0.6) is 0 Å². The molecule has 0 amide bonds. The standard InChI is InChI=1S/C7H13FNO2/c8-7(6-10)5-9-1-3-11-4-2-9/h7H,1-6H2. The van der Waals surface area contributed by atoms with E-state index in [9.17, 15) is 9.50 Å². The van der Waals surface area contributed by atoms with Crippen molar-refractivity contribution in [2.24, 2.45) is 0 Å². The molecule has 1 rings (SSSR count). The lowest BCUT2D eigenvalue weighted by molar-refractivity contribution is 0.0141. The molecule has 1 unspecified atom stereocenters. The summed E-state index contributed by atoms with van der Waals surface area (Å²) in [5.74, 6) is 0. The molecule has 4 heteroatoms. The van der Waals surface area contributed by atoms with E-state index < -0.39 is 12.8 Å². The molecule has 0 bridgehead atoms. The molecule has 1 heterocycles. The fourth-order valence-corrected chi connectivity index (χ4v) is 1.12. The van der Waals surface area contributed by atoms with Gasteiger partial charge in [0.1, 0.15) is 12.8 Å². The molecule has 0 aromatic rings. The van der Waals surface area contributed by atoms with Crippen molar-refractivity contribution in [2.75, 3.05) is 39.5 Å². The van der Waals surface area contributed by atoms with Crippen molar-refractivity contribution in [3.63, 3.8) is 0 Å². The van der Waals surface area contributed by atoms with Crippen LogP contribution in [-0.2, 0) is 9.84 Å². The molecule has 0 aliphatic carbocycles. The Balaban J connectivity index is 2.13. The van der Waals surface area contributed by atoms with Gasteiger partial charge in [0.05, 0.1) is 13.2 Å². The number of halogens is 1. The highest BCUT2D eigenvalue weighted by Crippen LogP contribution is 2.00. The maximum Gasteiger partial charge on any atom is 0.139 e. The molecule has 11 heavy (non-hydrogen) atoms. The SMILES string of the molecule is [O]CC(F)CN1CCOCC1. The quantitative estimate of drug-likeness (QED) is 0.589. The Kier molecular flexibility index (Phi) is 3.76. The first kappa shape index (κ1) is 8.90. The van der Waals surface area contributed by atoms with E-state index >= 15 is 0 Å². The van der Waals surface area contributed by atoms with Crippen molar-refractivity contribution < 1.29 is 14.2 Å². The van der Waals surface area contributed by atoms with Crippen LogP contribution >= 0.6 is 0 Å². The molecule has 1 atom stereocenters. The Morgan fingerprint density at radius 2 is 2.09 bits per heavy atom. The molecule has 0 N–H and O–H groups in total. The Morgan fingerprint density at radius 3 is 2.64 bits per heavy atom. The smallest absolute Gasteiger partial charge is 0.139 e. The van der Waals surface area contributed by atoms with Crippen molar-refractivity contribution in [1.29, 1.82) is 0 Å². The van der Waals surface area contributed by atoms with Crippen LogP contribution in [0.2, 0.25) is 0 Å². The van der Waals surface area contributed by atoms with E-state index in [1.165, 1.54) is 0 Å². The minimum atomic E-state index is -1.21. The van der Waals surface area contributed by atoms with Crippen molar-refractivity contribution in [1.82, 2.24) is 4.90 Å². The van der Waals surface area contributed by atoms with Crippen LogP contribution in [0, 0.1) is 0 Å². The highest BCUT2D eigenvalue weighted by molar-refractivity contribution is 4.66. The van der Waals surface area contributed by atoms with Crippen molar-refractivity contribution in [3.05, 3.63) is 0 Å². The third kappa shape index (κ3) is 3.14. The normalized spacial score (nSPS) is 23.5. The number of rotatable bonds is 3. The predicted molar refractivity (Wildman–Crippen MR) is 37.7 cm³/mol. The molecular formula is C7H13FNO2. The van der Waals surface area contributed by atoms with Crippen LogP contribution in [-0.4, -0.2) is 50.5 Å². The molecule has 1 fully saturated rings. The minimum Gasteiger partial charge on any atom is -0.379 e. The van der Waals surface area contributed by atoms with Crippen molar-refractivity contribution in [3.8, 4) is 0 Å². The second-order valence-corrected chi connectivity index (χ2v) is 2.68. The maximum absolute atomic E-state index is 12.5. The fraction of sp³-hybridized carbons (Fsp3) is 1.00. The maximum atomic E-state index is 12.5. The Morgan fingerprint density at radius 1 is 1.45 bits per heavy atom. The van der Waals surface area contributed by atoms with E-state index in [1.807, 2.05) is 4.90 Å². The van der Waals surface area contributed by atoms with Gasteiger partial charge in [-0.05, 0) is 0 Å². The first-order valence-electron chi connectivity index (χ1n) is 3.85. The first-order valence-corrected chi connectivity index (χ1v) is 3.85. The van der Waals surface area contributed by atoms with Gasteiger partial charge in [-0.1, -0.05) is 0 Å². The molecule has 0 aromatic heterocycles. The fourth-order valence-electron chi connectivity index (χ4n) is 1.12. The summed E-state index contributed by atoms with van der Waals surface area (Å²) in [6.07, 6.45) is -1.21. The van der Waals surface area contributed by atoms with Gasteiger partial charge in [0.15, 0.2) is 0 Å². The van der Waals surface area contributed by atoms with E-state index in [2.05, 4.69) is 0 Å². The molecule has 0 aromatic carbocycles. The van der Waals surface area contributed by atoms with Gasteiger partial charge in [-0.25, -0.2) is 9.50 Å². The van der Waals surface area contributed by atoms with E-state index in [0.29, 0.717) is 13.2 Å². The minimum absolute atomic E-state index is 0.271. The van der Waals surface area contributed by atoms with E-state index in [4.69, 9.17) is 4.74 Å². The Hall–Kier alpha value is -0.190. The second kappa shape index (κ2) is 4.64. The average molecular weight is 162 g/mol. The molecule has 0 saturated carbocycles. The zero-order valence-corrected chi connectivity index (χ0v) is 6.46. The van der Waals surface area contributed by atoms with Crippen LogP contribution in [0.3, 0.4) is 0 Å². The third-order valence-corrected chi connectivity index (χ3v) is 1.74. The van der Waals surface area contributed by atoms with Gasteiger partial charge in [0.2, 0.25) is 0 Å². The lowest BCUT2D eigenvalue weighted by Crippen LogP contribution is -2.40. The van der Waals surface area contributed by atoms with Gasteiger partial charge in [-0.15, -0.1) is 0 Å².